The van der Waals surface area contributed by atoms with Crippen molar-refractivity contribution >= 4 is 28.3 Å². The highest BCUT2D eigenvalue weighted by Crippen LogP contribution is 2.22. The fraction of sp³-hybridized carbons (Fsp3) is 0.476. The molecule has 1 aromatic carbocycles. The Morgan fingerprint density at radius 2 is 2.03 bits per heavy atom. The maximum atomic E-state index is 13.4. The lowest BCUT2D eigenvalue weighted by Gasteiger charge is -2.31. The molecule has 156 valence electrons. The number of amides is 2. The third-order valence-electron chi connectivity index (χ3n) is 5.02. The highest BCUT2D eigenvalue weighted by atomic mass is 32.1. The Morgan fingerprint density at radius 1 is 1.28 bits per heavy atom. The van der Waals surface area contributed by atoms with Crippen LogP contribution in [0.5, 0.6) is 0 Å². The first-order chi connectivity index (χ1) is 14.2. The van der Waals surface area contributed by atoms with E-state index < -0.39 is 0 Å². The fourth-order valence-corrected chi connectivity index (χ4v) is 3.98. The van der Waals surface area contributed by atoms with Crippen molar-refractivity contribution in [3.8, 4) is 0 Å². The average Bonchev–Trinajstić information content (AvgIpc) is 3.26. The third kappa shape index (κ3) is 6.35. The predicted octanol–water partition coefficient (Wildman–Crippen LogP) is 2.44. The predicted molar refractivity (Wildman–Crippen MR) is 114 cm³/mol. The van der Waals surface area contributed by atoms with E-state index in [0.717, 1.165) is 25.2 Å². The first kappa shape index (κ1) is 21.4. The Bertz CT molecular complexity index is 763. The van der Waals surface area contributed by atoms with Crippen LogP contribution >= 0.6 is 11.3 Å². The van der Waals surface area contributed by atoms with Crippen LogP contribution in [0.3, 0.4) is 0 Å². The third-order valence-corrected chi connectivity index (χ3v) is 5.71. The van der Waals surface area contributed by atoms with Gasteiger partial charge in [0.05, 0.1) is 25.7 Å². The molecular weight excluding hydrogens is 388 g/mol. The number of carbonyl (C=O) groups excluding carboxylic acids is 2. The van der Waals surface area contributed by atoms with Crippen molar-refractivity contribution in [2.75, 3.05) is 51.3 Å². The molecular formula is C21H28N4O3S. The second-order valence-electron chi connectivity index (χ2n) is 6.97. The van der Waals surface area contributed by atoms with Gasteiger partial charge in [0, 0.05) is 37.8 Å². The van der Waals surface area contributed by atoms with Crippen molar-refractivity contribution in [3.05, 3.63) is 47.5 Å². The zero-order chi connectivity index (χ0) is 20.5. The molecule has 2 heterocycles. The number of nitrogens with zero attached hydrogens (tertiary/aromatic N) is 3. The number of hydrogen-bond acceptors (Lipinski definition) is 6. The minimum atomic E-state index is -0.256. The highest BCUT2D eigenvalue weighted by molar-refractivity contribution is 7.13. The van der Waals surface area contributed by atoms with E-state index in [2.05, 4.69) is 15.2 Å². The van der Waals surface area contributed by atoms with E-state index in [0.29, 0.717) is 31.3 Å². The second-order valence-corrected chi connectivity index (χ2v) is 7.87. The zero-order valence-corrected chi connectivity index (χ0v) is 17.6. The van der Waals surface area contributed by atoms with E-state index >= 15 is 0 Å². The number of morpholine rings is 1. The van der Waals surface area contributed by atoms with Crippen LogP contribution in [0.2, 0.25) is 0 Å². The normalized spacial score (nSPS) is 15.6. The number of nitrogens with one attached hydrogen (secondary N) is 1. The number of carbonyl (C=O) groups is 2. The van der Waals surface area contributed by atoms with Crippen molar-refractivity contribution in [1.82, 2.24) is 14.8 Å². The number of aromatic nitrogens is 1. The van der Waals surface area contributed by atoms with E-state index in [4.69, 9.17) is 4.74 Å². The lowest BCUT2D eigenvalue weighted by atomic mass is 9.95. The fourth-order valence-electron chi connectivity index (χ4n) is 3.43. The van der Waals surface area contributed by atoms with Gasteiger partial charge in [-0.2, -0.15) is 0 Å². The lowest BCUT2D eigenvalue weighted by molar-refractivity contribution is -0.136. The van der Waals surface area contributed by atoms with Crippen LogP contribution in [0.1, 0.15) is 24.8 Å². The quantitative estimate of drug-likeness (QED) is 0.680. The molecule has 0 unspecified atom stereocenters. The van der Waals surface area contributed by atoms with Crippen LogP contribution in [0.15, 0.2) is 41.9 Å². The molecule has 0 saturated carbocycles. The van der Waals surface area contributed by atoms with Crippen molar-refractivity contribution < 1.29 is 14.3 Å². The molecule has 1 atom stereocenters. The van der Waals surface area contributed by atoms with E-state index in [1.807, 2.05) is 37.3 Å². The first-order valence-corrected chi connectivity index (χ1v) is 10.9. The van der Waals surface area contributed by atoms with E-state index in [9.17, 15) is 9.59 Å². The number of ether oxygens (including phenoxy) is 1. The molecule has 29 heavy (non-hydrogen) atoms. The molecule has 1 aromatic heterocycles. The molecule has 0 radical (unpaired) electrons. The smallest absolute Gasteiger partial charge is 0.245 e. The summed E-state index contributed by atoms with van der Waals surface area (Å²) in [5, 5.41) is 5.13. The molecule has 2 aromatic rings. The summed E-state index contributed by atoms with van der Waals surface area (Å²) in [5.41, 5.74) is 0.983. The minimum Gasteiger partial charge on any atom is -0.379 e. The number of rotatable bonds is 9. The molecule has 1 saturated heterocycles. The van der Waals surface area contributed by atoms with Gasteiger partial charge in [0.25, 0.3) is 0 Å². The molecule has 3 rings (SSSR count). The number of anilines is 1. The molecule has 1 fully saturated rings. The highest BCUT2D eigenvalue weighted by Gasteiger charge is 2.26. The topological polar surface area (TPSA) is 74.8 Å². The average molecular weight is 417 g/mol. The van der Waals surface area contributed by atoms with Crippen LogP contribution in [-0.4, -0.2) is 72.5 Å². The lowest BCUT2D eigenvalue weighted by Crippen LogP contribution is -2.46. The minimum absolute atomic E-state index is 0.0127. The number of thiazole rings is 1. The van der Waals surface area contributed by atoms with Crippen molar-refractivity contribution in [1.29, 1.82) is 0 Å². The van der Waals surface area contributed by atoms with Crippen LogP contribution < -0.4 is 5.32 Å². The number of benzene rings is 1. The Hall–Kier alpha value is -2.29. The maximum Gasteiger partial charge on any atom is 0.245 e. The zero-order valence-electron chi connectivity index (χ0n) is 16.8. The van der Waals surface area contributed by atoms with Gasteiger partial charge in [-0.25, -0.2) is 4.98 Å². The summed E-state index contributed by atoms with van der Waals surface area (Å²) in [6, 6.07) is 9.78. The summed E-state index contributed by atoms with van der Waals surface area (Å²) in [6.07, 6.45) is 2.33. The van der Waals surface area contributed by atoms with Gasteiger partial charge in [-0.15, -0.1) is 11.3 Å². The van der Waals surface area contributed by atoms with Crippen LogP contribution in [-0.2, 0) is 14.3 Å². The van der Waals surface area contributed by atoms with Crippen molar-refractivity contribution in [2.45, 2.75) is 19.3 Å². The van der Waals surface area contributed by atoms with Crippen molar-refractivity contribution in [3.63, 3.8) is 0 Å². The summed E-state index contributed by atoms with van der Waals surface area (Å²) in [5.74, 6) is -0.493. The largest absolute Gasteiger partial charge is 0.379 e. The molecule has 1 aliphatic heterocycles. The monoisotopic (exact) mass is 416 g/mol. The van der Waals surface area contributed by atoms with Gasteiger partial charge in [-0.3, -0.25) is 14.5 Å². The van der Waals surface area contributed by atoms with Gasteiger partial charge < -0.3 is 15.0 Å². The standard InChI is InChI=1S/C21H28N4O3S/c1-2-18(17-6-4-3-5-7-17)20(27)25(10-9-24-11-13-28-14-12-24)16-19(26)23-21-22-8-15-29-21/h3-8,15,18H,2,9-14,16H2,1H3,(H,22,23,26)/t18-/m1/s1. The van der Waals surface area contributed by atoms with E-state index in [1.54, 1.807) is 16.5 Å². The molecule has 7 nitrogen and oxygen atoms in total. The van der Waals surface area contributed by atoms with Crippen LogP contribution in [0, 0.1) is 0 Å². The van der Waals surface area contributed by atoms with Crippen molar-refractivity contribution in [2.24, 2.45) is 0 Å². The van der Waals surface area contributed by atoms with E-state index in [1.165, 1.54) is 11.3 Å². The molecule has 0 spiro atoms. The van der Waals surface area contributed by atoms with Gasteiger partial charge in [0.1, 0.15) is 0 Å². The van der Waals surface area contributed by atoms with Crippen LogP contribution in [0.4, 0.5) is 5.13 Å². The first-order valence-electron chi connectivity index (χ1n) is 10.0. The van der Waals surface area contributed by atoms with Gasteiger partial charge in [0.15, 0.2) is 5.13 Å². The van der Waals surface area contributed by atoms with E-state index in [-0.39, 0.29) is 24.3 Å². The number of hydrogen-bond donors (Lipinski definition) is 1. The molecule has 0 aliphatic carbocycles. The van der Waals surface area contributed by atoms with Gasteiger partial charge in [-0.1, -0.05) is 37.3 Å². The molecule has 2 amide bonds. The second kappa shape index (κ2) is 11.0. The summed E-state index contributed by atoms with van der Waals surface area (Å²) in [4.78, 5) is 34.0. The summed E-state index contributed by atoms with van der Waals surface area (Å²) in [6.45, 7) is 6.38. The van der Waals surface area contributed by atoms with Gasteiger partial charge in [-0.05, 0) is 12.0 Å². The summed E-state index contributed by atoms with van der Waals surface area (Å²) >= 11 is 1.36. The summed E-state index contributed by atoms with van der Waals surface area (Å²) < 4.78 is 5.40. The Labute approximate surface area is 175 Å². The Kier molecular flexibility index (Phi) is 8.15. The summed E-state index contributed by atoms with van der Waals surface area (Å²) in [7, 11) is 0. The molecule has 0 bridgehead atoms. The SMILES string of the molecule is CC[C@@H](C(=O)N(CCN1CCOCC1)CC(=O)Nc1nccs1)c1ccccc1. The molecule has 1 N–H and O–H groups in total. The Balaban J connectivity index is 1.69. The Morgan fingerprint density at radius 3 is 2.69 bits per heavy atom. The van der Waals surface area contributed by atoms with Gasteiger partial charge in [0.2, 0.25) is 11.8 Å². The van der Waals surface area contributed by atoms with Crippen LogP contribution in [0.25, 0.3) is 0 Å². The molecule has 8 heteroatoms. The molecule has 1 aliphatic rings. The van der Waals surface area contributed by atoms with Gasteiger partial charge >= 0.3 is 0 Å². The maximum absolute atomic E-state index is 13.4.